The number of nitrogens with one attached hydrogen (secondary N) is 3. The van der Waals surface area contributed by atoms with Gasteiger partial charge in [-0.3, -0.25) is 9.80 Å². The number of fused-ring (bicyclic) bond motifs is 1. The number of halogens is 1. The third kappa shape index (κ3) is 3.06. The molecule has 1 aromatic heterocycles. The van der Waals surface area contributed by atoms with Gasteiger partial charge in [0.25, 0.3) is 0 Å². The van der Waals surface area contributed by atoms with Gasteiger partial charge in [-0.15, -0.1) is 0 Å². The summed E-state index contributed by atoms with van der Waals surface area (Å²) in [5.74, 6) is 0.623. The van der Waals surface area contributed by atoms with Crippen LogP contribution < -0.4 is 16.1 Å². The van der Waals surface area contributed by atoms with Crippen molar-refractivity contribution in [2.45, 2.75) is 24.9 Å². The van der Waals surface area contributed by atoms with Crippen LogP contribution in [0.1, 0.15) is 24.7 Å². The fourth-order valence-corrected chi connectivity index (χ4v) is 4.15. The van der Waals surface area contributed by atoms with E-state index in [2.05, 4.69) is 26.2 Å². The molecule has 2 atom stereocenters. The average molecular weight is 384 g/mol. The fourth-order valence-electron chi connectivity index (χ4n) is 4.15. The molecule has 2 saturated heterocycles. The van der Waals surface area contributed by atoms with Gasteiger partial charge in [0.15, 0.2) is 0 Å². The Kier molecular flexibility index (Phi) is 4.33. The molecule has 5 rings (SSSR count). The van der Waals surface area contributed by atoms with Crippen LogP contribution in [0.25, 0.3) is 11.4 Å². The van der Waals surface area contributed by atoms with Crippen LogP contribution in [-0.2, 0) is 4.79 Å². The summed E-state index contributed by atoms with van der Waals surface area (Å²) in [5, 5.41) is 12.4. The Morgan fingerprint density at radius 3 is 2.75 bits per heavy atom. The van der Waals surface area contributed by atoms with Gasteiger partial charge >= 0.3 is 0 Å². The van der Waals surface area contributed by atoms with E-state index in [1.807, 2.05) is 5.01 Å². The topological polar surface area (TPSA) is 95.3 Å². The molecule has 3 aliphatic heterocycles. The number of amides is 1. The second kappa shape index (κ2) is 6.99. The van der Waals surface area contributed by atoms with E-state index in [1.165, 1.54) is 12.1 Å². The van der Waals surface area contributed by atoms with Crippen LogP contribution in [0.15, 0.2) is 40.6 Å². The predicted octanol–water partition coefficient (Wildman–Crippen LogP) is 1.12. The lowest BCUT2D eigenvalue weighted by Crippen LogP contribution is -2.53. The van der Waals surface area contributed by atoms with E-state index in [0.717, 1.165) is 31.6 Å². The standard InChI is InChI=1S/C19H21FN6O2/c20-13-3-1-12(2-4-13)17-24-19(28-25-17)14-10-22-26-15(9-16(27)23-18(14)26)11-5-7-21-8-6-11/h1-4,9,11,14,18,21-22H,5-8,10H2,(H,23,27). The number of hydrazine groups is 1. The Hall–Kier alpha value is -2.78. The molecule has 3 N–H and O–H groups in total. The molecule has 146 valence electrons. The molecule has 0 aliphatic carbocycles. The number of carbonyl (C=O) groups excluding carboxylic acids is 1. The lowest BCUT2D eigenvalue weighted by atomic mass is 9.92. The monoisotopic (exact) mass is 384 g/mol. The summed E-state index contributed by atoms with van der Waals surface area (Å²) in [7, 11) is 0. The molecular formula is C19H21FN6O2. The van der Waals surface area contributed by atoms with Crippen molar-refractivity contribution in [1.29, 1.82) is 0 Å². The van der Waals surface area contributed by atoms with Crippen LogP contribution in [0.5, 0.6) is 0 Å². The lowest BCUT2D eigenvalue weighted by molar-refractivity contribution is -0.119. The van der Waals surface area contributed by atoms with Crippen molar-refractivity contribution in [1.82, 2.24) is 31.2 Å². The van der Waals surface area contributed by atoms with Gasteiger partial charge in [0.05, 0.1) is 5.92 Å². The molecule has 0 saturated carbocycles. The van der Waals surface area contributed by atoms with Gasteiger partial charge in [-0.2, -0.15) is 4.98 Å². The molecule has 0 radical (unpaired) electrons. The molecule has 3 aliphatic rings. The van der Waals surface area contributed by atoms with E-state index in [4.69, 9.17) is 4.52 Å². The summed E-state index contributed by atoms with van der Waals surface area (Å²) >= 11 is 0. The quantitative estimate of drug-likeness (QED) is 0.730. The SMILES string of the molecule is O=C1C=C(C2CCNCC2)N2NCC(c3nc(-c4ccc(F)cc4)no3)C2N1. The summed E-state index contributed by atoms with van der Waals surface area (Å²) in [6.07, 6.45) is 3.43. The number of rotatable bonds is 3. The first-order chi connectivity index (χ1) is 13.7. The maximum atomic E-state index is 13.1. The van der Waals surface area contributed by atoms with E-state index in [9.17, 15) is 9.18 Å². The van der Waals surface area contributed by atoms with Crippen molar-refractivity contribution < 1.29 is 13.7 Å². The maximum absolute atomic E-state index is 13.1. The van der Waals surface area contributed by atoms with Crippen molar-refractivity contribution in [3.63, 3.8) is 0 Å². The van der Waals surface area contributed by atoms with E-state index in [1.54, 1.807) is 18.2 Å². The highest BCUT2D eigenvalue weighted by atomic mass is 19.1. The zero-order valence-corrected chi connectivity index (χ0v) is 15.2. The second-order valence-corrected chi connectivity index (χ2v) is 7.35. The van der Waals surface area contributed by atoms with Crippen molar-refractivity contribution in [3.8, 4) is 11.4 Å². The molecule has 9 heteroatoms. The van der Waals surface area contributed by atoms with Crippen LogP contribution in [0.4, 0.5) is 4.39 Å². The number of carbonyl (C=O) groups is 1. The molecule has 8 nitrogen and oxygen atoms in total. The molecule has 2 unspecified atom stereocenters. The molecule has 1 aromatic carbocycles. The smallest absolute Gasteiger partial charge is 0.247 e. The highest BCUT2D eigenvalue weighted by Crippen LogP contribution is 2.35. The highest BCUT2D eigenvalue weighted by molar-refractivity contribution is 5.89. The Morgan fingerprint density at radius 1 is 1.18 bits per heavy atom. The first-order valence-electron chi connectivity index (χ1n) is 9.54. The Balaban J connectivity index is 1.39. The van der Waals surface area contributed by atoms with Crippen molar-refractivity contribution in [2.75, 3.05) is 19.6 Å². The lowest BCUT2D eigenvalue weighted by Gasteiger charge is -2.38. The molecule has 28 heavy (non-hydrogen) atoms. The third-order valence-electron chi connectivity index (χ3n) is 5.61. The maximum Gasteiger partial charge on any atom is 0.247 e. The van der Waals surface area contributed by atoms with E-state index < -0.39 is 0 Å². The summed E-state index contributed by atoms with van der Waals surface area (Å²) in [6.45, 7) is 2.49. The number of hydrogen-bond donors (Lipinski definition) is 3. The summed E-state index contributed by atoms with van der Waals surface area (Å²) in [4.78, 5) is 16.8. The molecule has 2 fully saturated rings. The van der Waals surface area contributed by atoms with Gasteiger partial charge in [0, 0.05) is 29.8 Å². The van der Waals surface area contributed by atoms with Crippen molar-refractivity contribution in [2.24, 2.45) is 5.92 Å². The van der Waals surface area contributed by atoms with Crippen LogP contribution in [0.3, 0.4) is 0 Å². The zero-order valence-electron chi connectivity index (χ0n) is 15.2. The second-order valence-electron chi connectivity index (χ2n) is 7.35. The van der Waals surface area contributed by atoms with E-state index in [0.29, 0.717) is 29.7 Å². The average Bonchev–Trinajstić information content (AvgIpc) is 3.35. The largest absolute Gasteiger partial charge is 0.338 e. The molecule has 4 heterocycles. The summed E-state index contributed by atoms with van der Waals surface area (Å²) < 4.78 is 18.6. The van der Waals surface area contributed by atoms with Gasteiger partial charge in [0.2, 0.25) is 17.6 Å². The molecular weight excluding hydrogens is 363 g/mol. The minimum absolute atomic E-state index is 0.0956. The zero-order chi connectivity index (χ0) is 19.1. The van der Waals surface area contributed by atoms with Gasteiger partial charge < -0.3 is 15.2 Å². The van der Waals surface area contributed by atoms with Crippen LogP contribution in [0.2, 0.25) is 0 Å². The van der Waals surface area contributed by atoms with Gasteiger partial charge in [-0.1, -0.05) is 5.16 Å². The van der Waals surface area contributed by atoms with Crippen LogP contribution in [0, 0.1) is 11.7 Å². The molecule has 2 aromatic rings. The molecule has 0 bridgehead atoms. The first kappa shape index (κ1) is 17.3. The van der Waals surface area contributed by atoms with Crippen LogP contribution >= 0.6 is 0 Å². The van der Waals surface area contributed by atoms with Gasteiger partial charge in [0.1, 0.15) is 12.0 Å². The minimum Gasteiger partial charge on any atom is -0.338 e. The number of piperidine rings is 1. The van der Waals surface area contributed by atoms with Crippen molar-refractivity contribution >= 4 is 5.91 Å². The molecule has 1 amide bonds. The van der Waals surface area contributed by atoms with Crippen molar-refractivity contribution in [3.05, 3.63) is 47.7 Å². The number of aromatic nitrogens is 2. The van der Waals surface area contributed by atoms with Gasteiger partial charge in [-0.05, 0) is 50.2 Å². The molecule has 0 spiro atoms. The van der Waals surface area contributed by atoms with Crippen LogP contribution in [-0.4, -0.2) is 46.9 Å². The third-order valence-corrected chi connectivity index (χ3v) is 5.61. The Morgan fingerprint density at radius 2 is 1.96 bits per heavy atom. The normalized spacial score (nSPS) is 25.4. The number of benzene rings is 1. The van der Waals surface area contributed by atoms with Gasteiger partial charge in [-0.25, -0.2) is 9.82 Å². The number of nitrogens with zero attached hydrogens (tertiary/aromatic N) is 3. The fraction of sp³-hybridized carbons (Fsp3) is 0.421. The Bertz CT molecular complexity index is 905. The first-order valence-corrected chi connectivity index (χ1v) is 9.54. The minimum atomic E-state index is -0.315. The predicted molar refractivity (Wildman–Crippen MR) is 97.9 cm³/mol. The number of hydrogen-bond acceptors (Lipinski definition) is 7. The van der Waals surface area contributed by atoms with E-state index >= 15 is 0 Å². The number of allylic oxidation sites excluding steroid dienone is 1. The summed E-state index contributed by atoms with van der Waals surface area (Å²) in [5.41, 5.74) is 5.09. The highest BCUT2D eigenvalue weighted by Gasteiger charge is 2.44. The van der Waals surface area contributed by atoms with E-state index in [-0.39, 0.29) is 23.8 Å². The summed E-state index contributed by atoms with van der Waals surface area (Å²) in [6, 6.07) is 5.95. The Labute approximate surface area is 161 Å².